The second kappa shape index (κ2) is 8.43. The third-order valence-electron chi connectivity index (χ3n) is 4.52. The van der Waals surface area contributed by atoms with E-state index < -0.39 is 0 Å². The number of H-pyrrole nitrogens is 1. The minimum Gasteiger partial charge on any atom is -0.361 e. The van der Waals surface area contributed by atoms with Crippen molar-refractivity contribution in [2.24, 2.45) is 0 Å². The molecule has 0 saturated carbocycles. The summed E-state index contributed by atoms with van der Waals surface area (Å²) >= 11 is 0. The quantitative estimate of drug-likeness (QED) is 0.524. The fourth-order valence-corrected chi connectivity index (χ4v) is 3.27. The van der Waals surface area contributed by atoms with Crippen molar-refractivity contribution >= 4 is 0 Å². The van der Waals surface area contributed by atoms with Gasteiger partial charge in [0, 0.05) is 49.5 Å². The SMILES string of the molecule is c1ccc(CN(Cc2ccccn2)Cc2ccccc2-c2ccc[nH]2)nc1. The van der Waals surface area contributed by atoms with Gasteiger partial charge < -0.3 is 4.98 Å². The summed E-state index contributed by atoms with van der Waals surface area (Å²) in [6.07, 6.45) is 5.66. The molecular formula is C23H22N4. The maximum atomic E-state index is 4.51. The molecule has 27 heavy (non-hydrogen) atoms. The van der Waals surface area contributed by atoms with Crippen LogP contribution in [0, 0.1) is 0 Å². The number of hydrogen-bond donors (Lipinski definition) is 1. The van der Waals surface area contributed by atoms with E-state index in [0.29, 0.717) is 0 Å². The van der Waals surface area contributed by atoms with Gasteiger partial charge in [-0.25, -0.2) is 0 Å². The maximum Gasteiger partial charge on any atom is 0.0544 e. The molecule has 4 rings (SSSR count). The lowest BCUT2D eigenvalue weighted by molar-refractivity contribution is 0.242. The fourth-order valence-electron chi connectivity index (χ4n) is 3.27. The number of aromatic amines is 1. The van der Waals surface area contributed by atoms with Crippen molar-refractivity contribution in [1.82, 2.24) is 19.9 Å². The molecule has 3 heterocycles. The molecule has 0 fully saturated rings. The van der Waals surface area contributed by atoms with Gasteiger partial charge in [-0.2, -0.15) is 0 Å². The number of hydrogen-bond acceptors (Lipinski definition) is 3. The molecule has 3 aromatic heterocycles. The van der Waals surface area contributed by atoms with Gasteiger partial charge in [-0.05, 0) is 42.0 Å². The minimum atomic E-state index is 0.774. The first-order valence-electron chi connectivity index (χ1n) is 9.12. The molecule has 1 aromatic carbocycles. The van der Waals surface area contributed by atoms with E-state index in [0.717, 1.165) is 36.7 Å². The van der Waals surface area contributed by atoms with E-state index in [4.69, 9.17) is 0 Å². The van der Waals surface area contributed by atoms with E-state index in [1.54, 1.807) is 0 Å². The molecule has 0 radical (unpaired) electrons. The van der Waals surface area contributed by atoms with Crippen LogP contribution >= 0.6 is 0 Å². The van der Waals surface area contributed by atoms with Gasteiger partial charge in [-0.15, -0.1) is 0 Å². The summed E-state index contributed by atoms with van der Waals surface area (Å²) in [6.45, 7) is 2.37. The molecule has 0 amide bonds. The number of benzene rings is 1. The molecule has 0 atom stereocenters. The first-order chi connectivity index (χ1) is 13.4. The van der Waals surface area contributed by atoms with Gasteiger partial charge in [0.15, 0.2) is 0 Å². The van der Waals surface area contributed by atoms with Crippen LogP contribution in [0.2, 0.25) is 0 Å². The summed E-state index contributed by atoms with van der Waals surface area (Å²) in [5.74, 6) is 0. The lowest BCUT2D eigenvalue weighted by Gasteiger charge is -2.23. The van der Waals surface area contributed by atoms with Crippen molar-refractivity contribution in [1.29, 1.82) is 0 Å². The Bertz CT molecular complexity index is 909. The van der Waals surface area contributed by atoms with E-state index in [1.807, 2.05) is 48.9 Å². The highest BCUT2D eigenvalue weighted by Gasteiger charge is 2.13. The van der Waals surface area contributed by atoms with Crippen molar-refractivity contribution < 1.29 is 0 Å². The third-order valence-corrected chi connectivity index (χ3v) is 4.52. The Balaban J connectivity index is 1.61. The zero-order valence-electron chi connectivity index (χ0n) is 15.1. The van der Waals surface area contributed by atoms with Crippen molar-refractivity contribution in [3.63, 3.8) is 0 Å². The Kier molecular flexibility index (Phi) is 5.36. The van der Waals surface area contributed by atoms with Crippen molar-refractivity contribution in [3.8, 4) is 11.3 Å². The monoisotopic (exact) mass is 354 g/mol. The van der Waals surface area contributed by atoms with Crippen LogP contribution in [0.15, 0.2) is 91.4 Å². The molecule has 4 nitrogen and oxygen atoms in total. The van der Waals surface area contributed by atoms with E-state index in [2.05, 4.69) is 62.3 Å². The van der Waals surface area contributed by atoms with Crippen molar-refractivity contribution in [3.05, 3.63) is 108 Å². The highest BCUT2D eigenvalue weighted by atomic mass is 15.1. The van der Waals surface area contributed by atoms with Crippen LogP contribution in [-0.4, -0.2) is 19.9 Å². The van der Waals surface area contributed by atoms with Crippen LogP contribution in [0.1, 0.15) is 17.0 Å². The molecule has 0 saturated heterocycles. The molecule has 0 aliphatic carbocycles. The largest absolute Gasteiger partial charge is 0.361 e. The molecule has 0 aliphatic heterocycles. The van der Waals surface area contributed by atoms with Gasteiger partial charge in [-0.1, -0.05) is 36.4 Å². The zero-order chi connectivity index (χ0) is 18.3. The lowest BCUT2D eigenvalue weighted by Crippen LogP contribution is -2.23. The Morgan fingerprint density at radius 3 is 1.93 bits per heavy atom. The smallest absolute Gasteiger partial charge is 0.0544 e. The second-order valence-electron chi connectivity index (χ2n) is 6.53. The predicted molar refractivity (Wildman–Crippen MR) is 108 cm³/mol. The van der Waals surface area contributed by atoms with Crippen LogP contribution in [0.3, 0.4) is 0 Å². The summed E-state index contributed by atoms with van der Waals surface area (Å²) in [5.41, 5.74) is 5.78. The summed E-state index contributed by atoms with van der Waals surface area (Å²) in [4.78, 5) is 14.7. The van der Waals surface area contributed by atoms with Gasteiger partial charge in [-0.3, -0.25) is 14.9 Å². The predicted octanol–water partition coefficient (Wildman–Crippen LogP) is 4.67. The van der Waals surface area contributed by atoms with Crippen molar-refractivity contribution in [2.45, 2.75) is 19.6 Å². The molecule has 0 unspecified atom stereocenters. The summed E-state index contributed by atoms with van der Waals surface area (Å²) in [6, 6.07) is 24.8. The molecule has 4 aromatic rings. The van der Waals surface area contributed by atoms with Crippen LogP contribution in [-0.2, 0) is 19.6 Å². The number of pyridine rings is 2. The van der Waals surface area contributed by atoms with Gasteiger partial charge in [0.05, 0.1) is 11.4 Å². The van der Waals surface area contributed by atoms with Crippen LogP contribution in [0.25, 0.3) is 11.3 Å². The third kappa shape index (κ3) is 4.49. The minimum absolute atomic E-state index is 0.774. The fraction of sp³-hybridized carbons (Fsp3) is 0.130. The molecular weight excluding hydrogens is 332 g/mol. The molecule has 0 bridgehead atoms. The van der Waals surface area contributed by atoms with E-state index >= 15 is 0 Å². The Morgan fingerprint density at radius 1 is 0.667 bits per heavy atom. The molecule has 134 valence electrons. The second-order valence-corrected chi connectivity index (χ2v) is 6.53. The lowest BCUT2D eigenvalue weighted by atomic mass is 10.0. The number of rotatable bonds is 7. The van der Waals surface area contributed by atoms with Crippen LogP contribution in [0.5, 0.6) is 0 Å². The Hall–Kier alpha value is -3.24. The maximum absolute atomic E-state index is 4.51. The average molecular weight is 354 g/mol. The molecule has 0 spiro atoms. The first-order valence-corrected chi connectivity index (χ1v) is 9.12. The Morgan fingerprint density at radius 2 is 1.33 bits per heavy atom. The molecule has 1 N–H and O–H groups in total. The highest BCUT2D eigenvalue weighted by Crippen LogP contribution is 2.24. The Labute approximate surface area is 159 Å². The van der Waals surface area contributed by atoms with Gasteiger partial charge >= 0.3 is 0 Å². The summed E-state index contributed by atoms with van der Waals surface area (Å²) in [5, 5.41) is 0. The van der Waals surface area contributed by atoms with Crippen LogP contribution in [0.4, 0.5) is 0 Å². The normalized spacial score (nSPS) is 11.0. The number of aromatic nitrogens is 3. The van der Waals surface area contributed by atoms with Crippen molar-refractivity contribution in [2.75, 3.05) is 0 Å². The number of nitrogens with one attached hydrogen (secondary N) is 1. The topological polar surface area (TPSA) is 44.8 Å². The van der Waals surface area contributed by atoms with Gasteiger partial charge in [0.25, 0.3) is 0 Å². The van der Waals surface area contributed by atoms with E-state index in [9.17, 15) is 0 Å². The van der Waals surface area contributed by atoms with Gasteiger partial charge in [0.2, 0.25) is 0 Å². The average Bonchev–Trinajstić information content (AvgIpc) is 3.25. The standard InChI is InChI=1S/C23H22N4/c1-2-11-22(23-12-7-15-26-23)19(8-1)16-27(17-20-9-3-5-13-24-20)18-21-10-4-6-14-25-21/h1-15,26H,16-18H2. The molecule has 4 heteroatoms. The zero-order valence-corrected chi connectivity index (χ0v) is 15.1. The molecule has 0 aliphatic rings. The summed E-state index contributed by atoms with van der Waals surface area (Å²) in [7, 11) is 0. The van der Waals surface area contributed by atoms with E-state index in [-0.39, 0.29) is 0 Å². The first kappa shape index (κ1) is 17.2. The highest BCUT2D eigenvalue weighted by molar-refractivity contribution is 5.63. The number of nitrogens with zero attached hydrogens (tertiary/aromatic N) is 3. The van der Waals surface area contributed by atoms with E-state index in [1.165, 1.54) is 11.1 Å². The van der Waals surface area contributed by atoms with Gasteiger partial charge in [0.1, 0.15) is 0 Å². The van der Waals surface area contributed by atoms with Crippen LogP contribution < -0.4 is 0 Å². The summed E-state index contributed by atoms with van der Waals surface area (Å²) < 4.78 is 0.